The Morgan fingerprint density at radius 3 is 2.05 bits per heavy atom. The maximum Gasteiger partial charge on any atom is 0.226 e. The molecule has 0 spiro atoms. The molecule has 2 bridgehead atoms. The van der Waals surface area contributed by atoms with E-state index in [1.807, 2.05) is 0 Å². The lowest BCUT2D eigenvalue weighted by Gasteiger charge is -2.40. The molecular weight excluding hydrogens is 240 g/mol. The van der Waals surface area contributed by atoms with Crippen LogP contribution in [0.3, 0.4) is 0 Å². The highest BCUT2D eigenvalue weighted by Gasteiger charge is 2.45. The van der Waals surface area contributed by atoms with Gasteiger partial charge in [-0.05, 0) is 58.5 Å². The van der Waals surface area contributed by atoms with Gasteiger partial charge in [0.05, 0.1) is 0 Å². The van der Waals surface area contributed by atoms with Crippen molar-refractivity contribution in [3.63, 3.8) is 0 Å². The number of Topliss-reactive ketones (excluding diaryl/α,β-unsaturated/α-hetero) is 1. The van der Waals surface area contributed by atoms with Crippen molar-refractivity contribution in [2.75, 3.05) is 13.1 Å². The molecule has 0 aliphatic carbocycles. The van der Waals surface area contributed by atoms with Gasteiger partial charge in [-0.2, -0.15) is 0 Å². The summed E-state index contributed by atoms with van der Waals surface area (Å²) in [5.74, 6) is 1.11. The molecule has 4 heteroatoms. The SMILES string of the molecule is CC(=O)C1CC2CCC(C1)N2C(=O)C1CCNCC1. The summed E-state index contributed by atoms with van der Waals surface area (Å²) in [5.41, 5.74) is 0. The first kappa shape index (κ1) is 13.1. The smallest absolute Gasteiger partial charge is 0.226 e. The third-order valence-electron chi connectivity index (χ3n) is 5.25. The van der Waals surface area contributed by atoms with Crippen LogP contribution in [0, 0.1) is 11.8 Å². The normalized spacial score (nSPS) is 35.4. The molecule has 3 fully saturated rings. The van der Waals surface area contributed by atoms with Gasteiger partial charge in [0, 0.05) is 23.9 Å². The second-order valence-electron chi connectivity index (χ2n) is 6.43. The molecule has 0 aromatic rings. The van der Waals surface area contributed by atoms with E-state index in [9.17, 15) is 9.59 Å². The minimum Gasteiger partial charge on any atom is -0.336 e. The van der Waals surface area contributed by atoms with E-state index in [4.69, 9.17) is 0 Å². The molecule has 106 valence electrons. The van der Waals surface area contributed by atoms with E-state index in [2.05, 4.69) is 10.2 Å². The summed E-state index contributed by atoms with van der Waals surface area (Å²) in [6, 6.07) is 0.685. The maximum absolute atomic E-state index is 12.7. The Kier molecular flexibility index (Phi) is 3.61. The first-order valence-corrected chi connectivity index (χ1v) is 7.70. The average Bonchev–Trinajstić information content (AvgIpc) is 2.68. The van der Waals surface area contributed by atoms with Gasteiger partial charge in [0.25, 0.3) is 0 Å². The van der Waals surface area contributed by atoms with Crippen molar-refractivity contribution < 1.29 is 9.59 Å². The zero-order chi connectivity index (χ0) is 13.4. The van der Waals surface area contributed by atoms with Gasteiger partial charge in [-0.1, -0.05) is 0 Å². The predicted molar refractivity (Wildman–Crippen MR) is 72.7 cm³/mol. The Bertz CT molecular complexity index is 362. The monoisotopic (exact) mass is 264 g/mol. The zero-order valence-electron chi connectivity index (χ0n) is 11.7. The summed E-state index contributed by atoms with van der Waals surface area (Å²) in [7, 11) is 0. The molecule has 2 unspecified atom stereocenters. The highest BCUT2D eigenvalue weighted by Crippen LogP contribution is 2.40. The molecule has 4 nitrogen and oxygen atoms in total. The fraction of sp³-hybridized carbons (Fsp3) is 0.867. The second-order valence-corrected chi connectivity index (χ2v) is 6.43. The molecular formula is C15H24N2O2. The van der Waals surface area contributed by atoms with Crippen molar-refractivity contribution in [1.29, 1.82) is 0 Å². The van der Waals surface area contributed by atoms with Crippen LogP contribution < -0.4 is 5.32 Å². The van der Waals surface area contributed by atoms with Gasteiger partial charge in [0.2, 0.25) is 5.91 Å². The van der Waals surface area contributed by atoms with E-state index >= 15 is 0 Å². The number of carbonyl (C=O) groups is 2. The van der Waals surface area contributed by atoms with Crippen molar-refractivity contribution in [1.82, 2.24) is 10.2 Å². The number of fused-ring (bicyclic) bond motifs is 2. The Morgan fingerprint density at radius 2 is 1.53 bits per heavy atom. The quantitative estimate of drug-likeness (QED) is 0.819. The van der Waals surface area contributed by atoms with E-state index < -0.39 is 0 Å². The van der Waals surface area contributed by atoms with Crippen LogP contribution in [0.5, 0.6) is 0 Å². The number of hydrogen-bond donors (Lipinski definition) is 1. The molecule has 19 heavy (non-hydrogen) atoms. The highest BCUT2D eigenvalue weighted by atomic mass is 16.2. The maximum atomic E-state index is 12.7. The average molecular weight is 264 g/mol. The van der Waals surface area contributed by atoms with Crippen molar-refractivity contribution in [2.24, 2.45) is 11.8 Å². The van der Waals surface area contributed by atoms with Gasteiger partial charge < -0.3 is 10.2 Å². The van der Waals surface area contributed by atoms with E-state index in [-0.39, 0.29) is 11.8 Å². The van der Waals surface area contributed by atoms with Gasteiger partial charge >= 0.3 is 0 Å². The largest absolute Gasteiger partial charge is 0.336 e. The lowest BCUT2D eigenvalue weighted by molar-refractivity contribution is -0.143. The van der Waals surface area contributed by atoms with Crippen molar-refractivity contribution in [2.45, 2.75) is 57.5 Å². The highest BCUT2D eigenvalue weighted by molar-refractivity contribution is 5.82. The zero-order valence-corrected chi connectivity index (χ0v) is 11.7. The van der Waals surface area contributed by atoms with Crippen molar-refractivity contribution >= 4 is 11.7 Å². The van der Waals surface area contributed by atoms with E-state index in [1.165, 1.54) is 0 Å². The van der Waals surface area contributed by atoms with Crippen LogP contribution in [0.1, 0.15) is 45.4 Å². The summed E-state index contributed by atoms with van der Waals surface area (Å²) in [6.45, 7) is 3.64. The number of carbonyl (C=O) groups excluding carboxylic acids is 2. The van der Waals surface area contributed by atoms with Crippen LogP contribution in [0.15, 0.2) is 0 Å². The first-order chi connectivity index (χ1) is 9.16. The Morgan fingerprint density at radius 1 is 0.947 bits per heavy atom. The van der Waals surface area contributed by atoms with Gasteiger partial charge in [-0.15, -0.1) is 0 Å². The summed E-state index contributed by atoms with van der Waals surface area (Å²) in [4.78, 5) is 26.5. The first-order valence-electron chi connectivity index (χ1n) is 7.70. The van der Waals surface area contributed by atoms with Crippen LogP contribution in [0.2, 0.25) is 0 Å². The molecule has 0 aromatic carbocycles. The van der Waals surface area contributed by atoms with Gasteiger partial charge in [-0.3, -0.25) is 9.59 Å². The molecule has 3 saturated heterocycles. The van der Waals surface area contributed by atoms with Gasteiger partial charge in [-0.25, -0.2) is 0 Å². The standard InChI is InChI=1S/C15H24N2O2/c1-10(18)12-8-13-2-3-14(9-12)17(13)15(19)11-4-6-16-7-5-11/h11-14,16H,2-9H2,1H3. The van der Waals surface area contributed by atoms with E-state index in [0.29, 0.717) is 23.8 Å². The van der Waals surface area contributed by atoms with E-state index in [1.54, 1.807) is 6.92 Å². The predicted octanol–water partition coefficient (Wildman–Crippen LogP) is 1.34. The topological polar surface area (TPSA) is 49.4 Å². The summed E-state index contributed by atoms with van der Waals surface area (Å²) in [5, 5.41) is 3.32. The fourth-order valence-corrected chi connectivity index (χ4v) is 4.15. The summed E-state index contributed by atoms with van der Waals surface area (Å²) in [6.07, 6.45) is 5.97. The fourth-order valence-electron chi connectivity index (χ4n) is 4.15. The molecule has 0 saturated carbocycles. The van der Waals surface area contributed by atoms with Crippen molar-refractivity contribution in [3.05, 3.63) is 0 Å². The molecule has 1 N–H and O–H groups in total. The number of nitrogens with one attached hydrogen (secondary N) is 1. The number of amides is 1. The van der Waals surface area contributed by atoms with Crippen LogP contribution in [0.25, 0.3) is 0 Å². The molecule has 3 rings (SSSR count). The second kappa shape index (κ2) is 5.23. The molecule has 1 amide bonds. The molecule has 3 aliphatic rings. The van der Waals surface area contributed by atoms with Gasteiger partial charge in [0.1, 0.15) is 5.78 Å². The third-order valence-corrected chi connectivity index (χ3v) is 5.25. The summed E-state index contributed by atoms with van der Waals surface area (Å²) < 4.78 is 0. The van der Waals surface area contributed by atoms with Crippen LogP contribution >= 0.6 is 0 Å². The number of rotatable bonds is 2. The molecule has 2 atom stereocenters. The minimum absolute atomic E-state index is 0.203. The summed E-state index contributed by atoms with van der Waals surface area (Å²) >= 11 is 0. The molecule has 0 aromatic heterocycles. The number of piperidine rings is 2. The van der Waals surface area contributed by atoms with Gasteiger partial charge in [0.15, 0.2) is 0 Å². The Balaban J connectivity index is 1.69. The molecule has 3 heterocycles. The molecule has 0 radical (unpaired) electrons. The van der Waals surface area contributed by atoms with Crippen LogP contribution in [-0.2, 0) is 9.59 Å². The lowest BCUT2D eigenvalue weighted by atomic mass is 9.86. The van der Waals surface area contributed by atoms with E-state index in [0.717, 1.165) is 51.6 Å². The Hall–Kier alpha value is -0.900. The number of ketones is 1. The van der Waals surface area contributed by atoms with Crippen LogP contribution in [-0.4, -0.2) is 41.8 Å². The van der Waals surface area contributed by atoms with Crippen molar-refractivity contribution in [3.8, 4) is 0 Å². The third kappa shape index (κ3) is 2.42. The van der Waals surface area contributed by atoms with Crippen LogP contribution in [0.4, 0.5) is 0 Å². The molecule has 3 aliphatic heterocycles. The lowest BCUT2D eigenvalue weighted by Crippen LogP contribution is -2.51. The number of nitrogens with zero attached hydrogens (tertiary/aromatic N) is 1. The minimum atomic E-state index is 0.203. The Labute approximate surface area is 114 Å². The number of hydrogen-bond acceptors (Lipinski definition) is 3.